The standard InChI is InChI=1S/C16H24N4.ClH/c1-3-9-20-15-7-5-4-6-14(15)18-16(20)12-19-10-8-17-13(2)11-19;/h4-7,13,17H,3,8-12H2,1-2H3;1H/t13-;/m1./s1. The molecule has 1 N–H and O–H groups in total. The zero-order chi connectivity index (χ0) is 13.9. The highest BCUT2D eigenvalue weighted by Crippen LogP contribution is 2.18. The van der Waals surface area contributed by atoms with Crippen LogP contribution in [-0.4, -0.2) is 40.1 Å². The second kappa shape index (κ2) is 7.25. The van der Waals surface area contributed by atoms with Crippen LogP contribution in [0.1, 0.15) is 26.1 Å². The quantitative estimate of drug-likeness (QED) is 0.942. The second-order valence-electron chi connectivity index (χ2n) is 5.76. The van der Waals surface area contributed by atoms with E-state index in [9.17, 15) is 0 Å². The molecule has 0 aliphatic carbocycles. The Morgan fingerprint density at radius 3 is 2.90 bits per heavy atom. The van der Waals surface area contributed by atoms with Crippen molar-refractivity contribution in [3.63, 3.8) is 0 Å². The van der Waals surface area contributed by atoms with Gasteiger partial charge in [0.2, 0.25) is 0 Å². The van der Waals surface area contributed by atoms with Crippen LogP contribution in [0.2, 0.25) is 0 Å². The van der Waals surface area contributed by atoms with Crippen molar-refractivity contribution in [2.45, 2.75) is 39.4 Å². The fourth-order valence-corrected chi connectivity index (χ4v) is 3.08. The zero-order valence-corrected chi connectivity index (χ0v) is 13.7. The van der Waals surface area contributed by atoms with Crippen LogP contribution in [-0.2, 0) is 13.1 Å². The molecule has 5 heteroatoms. The maximum Gasteiger partial charge on any atom is 0.124 e. The van der Waals surface area contributed by atoms with Crippen molar-refractivity contribution in [2.75, 3.05) is 19.6 Å². The summed E-state index contributed by atoms with van der Waals surface area (Å²) in [6.07, 6.45) is 1.14. The summed E-state index contributed by atoms with van der Waals surface area (Å²) in [4.78, 5) is 7.36. The largest absolute Gasteiger partial charge is 0.327 e. The number of rotatable bonds is 4. The maximum atomic E-state index is 4.85. The number of hydrogen-bond donors (Lipinski definition) is 1. The number of halogens is 1. The van der Waals surface area contributed by atoms with E-state index in [1.165, 1.54) is 11.3 Å². The monoisotopic (exact) mass is 308 g/mol. The van der Waals surface area contributed by atoms with E-state index in [2.05, 4.69) is 52.9 Å². The fourth-order valence-electron chi connectivity index (χ4n) is 3.08. The first-order chi connectivity index (χ1) is 9.78. The summed E-state index contributed by atoms with van der Waals surface area (Å²) >= 11 is 0. The van der Waals surface area contributed by atoms with Crippen molar-refractivity contribution in [2.24, 2.45) is 0 Å². The number of piperazine rings is 1. The Morgan fingerprint density at radius 1 is 1.33 bits per heavy atom. The highest BCUT2D eigenvalue weighted by atomic mass is 35.5. The van der Waals surface area contributed by atoms with Gasteiger partial charge in [0.25, 0.3) is 0 Å². The topological polar surface area (TPSA) is 33.1 Å². The molecule has 1 atom stereocenters. The Kier molecular flexibility index (Phi) is 5.62. The van der Waals surface area contributed by atoms with Crippen LogP contribution in [0.5, 0.6) is 0 Å². The Balaban J connectivity index is 0.00000161. The number of para-hydroxylation sites is 2. The molecule has 1 fully saturated rings. The van der Waals surface area contributed by atoms with Gasteiger partial charge in [-0.15, -0.1) is 12.4 Å². The first-order valence-corrected chi connectivity index (χ1v) is 7.68. The van der Waals surface area contributed by atoms with Gasteiger partial charge in [0.1, 0.15) is 5.82 Å². The Labute approximate surface area is 132 Å². The average molecular weight is 309 g/mol. The third-order valence-electron chi connectivity index (χ3n) is 4.00. The lowest BCUT2D eigenvalue weighted by atomic mass is 10.2. The second-order valence-corrected chi connectivity index (χ2v) is 5.76. The van der Waals surface area contributed by atoms with Gasteiger partial charge in [-0.05, 0) is 25.5 Å². The fraction of sp³-hybridized carbons (Fsp3) is 0.562. The smallest absolute Gasteiger partial charge is 0.124 e. The van der Waals surface area contributed by atoms with Crippen LogP contribution in [0.15, 0.2) is 24.3 Å². The minimum absolute atomic E-state index is 0. The molecule has 1 aromatic heterocycles. The van der Waals surface area contributed by atoms with Crippen molar-refractivity contribution in [1.29, 1.82) is 0 Å². The third kappa shape index (κ3) is 3.57. The van der Waals surface area contributed by atoms with Crippen molar-refractivity contribution in [1.82, 2.24) is 19.8 Å². The molecule has 21 heavy (non-hydrogen) atoms. The number of fused-ring (bicyclic) bond motifs is 1. The van der Waals surface area contributed by atoms with Gasteiger partial charge in [0.05, 0.1) is 17.6 Å². The van der Waals surface area contributed by atoms with E-state index in [-0.39, 0.29) is 12.4 Å². The molecule has 0 bridgehead atoms. The third-order valence-corrected chi connectivity index (χ3v) is 4.00. The molecular formula is C16H25ClN4. The Morgan fingerprint density at radius 2 is 2.14 bits per heavy atom. The molecule has 1 aliphatic heterocycles. The number of hydrogen-bond acceptors (Lipinski definition) is 3. The summed E-state index contributed by atoms with van der Waals surface area (Å²) in [5, 5.41) is 3.50. The molecule has 3 rings (SSSR count). The molecule has 1 saturated heterocycles. The van der Waals surface area contributed by atoms with Crippen molar-refractivity contribution in [3.05, 3.63) is 30.1 Å². The van der Waals surface area contributed by atoms with Crippen LogP contribution in [0.4, 0.5) is 0 Å². The van der Waals surface area contributed by atoms with Gasteiger partial charge in [0, 0.05) is 32.2 Å². The predicted molar refractivity (Wildman–Crippen MR) is 90.0 cm³/mol. The zero-order valence-electron chi connectivity index (χ0n) is 12.9. The number of nitrogens with one attached hydrogen (secondary N) is 1. The van der Waals surface area contributed by atoms with Crippen LogP contribution in [0, 0.1) is 0 Å². The van der Waals surface area contributed by atoms with E-state index in [0.717, 1.165) is 44.7 Å². The first-order valence-electron chi connectivity index (χ1n) is 7.68. The van der Waals surface area contributed by atoms with Gasteiger partial charge < -0.3 is 9.88 Å². The predicted octanol–water partition coefficient (Wildman–Crippen LogP) is 2.66. The van der Waals surface area contributed by atoms with E-state index in [4.69, 9.17) is 4.98 Å². The number of imidazole rings is 1. The summed E-state index contributed by atoms with van der Waals surface area (Å²) in [6.45, 7) is 9.79. The van der Waals surface area contributed by atoms with Crippen LogP contribution in [0.3, 0.4) is 0 Å². The lowest BCUT2D eigenvalue weighted by Crippen LogP contribution is -2.48. The molecule has 0 unspecified atom stereocenters. The van der Waals surface area contributed by atoms with Crippen LogP contribution >= 0.6 is 12.4 Å². The van der Waals surface area contributed by atoms with Gasteiger partial charge in [-0.2, -0.15) is 0 Å². The van der Waals surface area contributed by atoms with E-state index in [1.54, 1.807) is 0 Å². The van der Waals surface area contributed by atoms with Crippen LogP contribution in [0.25, 0.3) is 11.0 Å². The summed E-state index contributed by atoms with van der Waals surface area (Å²) in [5.41, 5.74) is 2.40. The highest BCUT2D eigenvalue weighted by molar-refractivity contribution is 5.85. The molecule has 116 valence electrons. The van der Waals surface area contributed by atoms with E-state index in [0.29, 0.717) is 6.04 Å². The molecule has 1 aromatic carbocycles. The lowest BCUT2D eigenvalue weighted by molar-refractivity contribution is 0.193. The molecule has 2 aromatic rings. The van der Waals surface area contributed by atoms with E-state index >= 15 is 0 Å². The molecule has 0 radical (unpaired) electrons. The number of nitrogens with zero attached hydrogens (tertiary/aromatic N) is 3. The minimum Gasteiger partial charge on any atom is -0.327 e. The minimum atomic E-state index is 0. The van der Waals surface area contributed by atoms with Gasteiger partial charge in [-0.25, -0.2) is 4.98 Å². The van der Waals surface area contributed by atoms with Crippen molar-refractivity contribution in [3.8, 4) is 0 Å². The SMILES string of the molecule is CCCn1c(CN2CCN[C@H](C)C2)nc2ccccc21.Cl. The Hall–Kier alpha value is -1.10. The van der Waals surface area contributed by atoms with E-state index in [1.807, 2.05) is 0 Å². The number of aryl methyl sites for hydroxylation is 1. The molecule has 1 aliphatic rings. The van der Waals surface area contributed by atoms with E-state index < -0.39 is 0 Å². The molecule has 2 heterocycles. The highest BCUT2D eigenvalue weighted by Gasteiger charge is 2.18. The summed E-state index contributed by atoms with van der Waals surface area (Å²) in [5.74, 6) is 1.21. The number of benzene rings is 1. The normalized spacial score (nSPS) is 19.6. The maximum absolute atomic E-state index is 4.85. The average Bonchev–Trinajstić information content (AvgIpc) is 2.77. The lowest BCUT2D eigenvalue weighted by Gasteiger charge is -2.31. The molecular weight excluding hydrogens is 284 g/mol. The molecule has 0 saturated carbocycles. The van der Waals surface area contributed by atoms with Crippen molar-refractivity contribution >= 4 is 23.4 Å². The summed E-state index contributed by atoms with van der Waals surface area (Å²) in [7, 11) is 0. The van der Waals surface area contributed by atoms with Crippen molar-refractivity contribution < 1.29 is 0 Å². The molecule has 0 amide bonds. The van der Waals surface area contributed by atoms with Gasteiger partial charge >= 0.3 is 0 Å². The number of aromatic nitrogens is 2. The van der Waals surface area contributed by atoms with Crippen LogP contribution < -0.4 is 5.32 Å². The van der Waals surface area contributed by atoms with Gasteiger partial charge in [0.15, 0.2) is 0 Å². The van der Waals surface area contributed by atoms with Gasteiger partial charge in [-0.1, -0.05) is 19.1 Å². The summed E-state index contributed by atoms with van der Waals surface area (Å²) in [6, 6.07) is 9.05. The molecule has 0 spiro atoms. The van der Waals surface area contributed by atoms with Gasteiger partial charge in [-0.3, -0.25) is 4.90 Å². The Bertz CT molecular complexity index is 581. The first kappa shape index (κ1) is 16.3. The molecule has 4 nitrogen and oxygen atoms in total. The summed E-state index contributed by atoms with van der Waals surface area (Å²) < 4.78 is 2.39.